The first-order valence-electron chi connectivity index (χ1n) is 8.69. The summed E-state index contributed by atoms with van der Waals surface area (Å²) in [4.78, 5) is 26.4. The molecule has 3 rings (SSSR count). The maximum absolute atomic E-state index is 12.5. The van der Waals surface area contributed by atoms with Gasteiger partial charge in [0.15, 0.2) is 0 Å². The highest BCUT2D eigenvalue weighted by Gasteiger charge is 2.33. The average molecular weight is 390 g/mol. The van der Waals surface area contributed by atoms with Gasteiger partial charge in [0.05, 0.1) is 13.7 Å². The Labute approximate surface area is 161 Å². The quantitative estimate of drug-likeness (QED) is 0.769. The van der Waals surface area contributed by atoms with E-state index in [4.69, 9.17) is 4.74 Å². The number of methoxy groups -OCH3 is 1. The number of hydrogen-bond acceptors (Lipinski definition) is 5. The molecule has 1 N–H and O–H groups in total. The number of carbonyl (C=O) groups is 2. The lowest BCUT2D eigenvalue weighted by Gasteiger charge is -2.34. The molecule has 6 nitrogen and oxygen atoms in total. The Hall–Kier alpha value is -3.00. The third-order valence-electron chi connectivity index (χ3n) is 4.53. The van der Waals surface area contributed by atoms with E-state index in [1.807, 2.05) is 24.3 Å². The average Bonchev–Trinajstić information content (AvgIpc) is 2.68. The van der Waals surface area contributed by atoms with Crippen molar-refractivity contribution in [2.24, 2.45) is 0 Å². The van der Waals surface area contributed by atoms with Crippen LogP contribution in [0.5, 0.6) is 5.75 Å². The highest BCUT2D eigenvalue weighted by Crippen LogP contribution is 2.24. The molecule has 0 bridgehead atoms. The molecule has 0 saturated heterocycles. The van der Waals surface area contributed by atoms with Gasteiger partial charge in [-0.15, -0.1) is 0 Å². The van der Waals surface area contributed by atoms with Crippen molar-refractivity contribution < 1.29 is 27.8 Å². The number of fused-ring (bicyclic) bond motifs is 1. The maximum atomic E-state index is 12.5. The van der Waals surface area contributed by atoms with Gasteiger partial charge in [-0.1, -0.05) is 24.3 Å². The third-order valence-corrected chi connectivity index (χ3v) is 4.53. The van der Waals surface area contributed by atoms with Crippen LogP contribution in [0.1, 0.15) is 11.1 Å². The van der Waals surface area contributed by atoms with Crippen LogP contribution in [0.15, 0.2) is 48.5 Å². The molecular weight excluding hydrogens is 370 g/mol. The van der Waals surface area contributed by atoms with Crippen LogP contribution >= 0.6 is 0 Å². The van der Waals surface area contributed by atoms with Crippen molar-refractivity contribution in [3.05, 3.63) is 59.7 Å². The minimum Gasteiger partial charge on any atom is -0.468 e. The lowest BCUT2D eigenvalue weighted by atomic mass is 9.94. The molecule has 1 aliphatic heterocycles. The number of hydrogen-bond donors (Lipinski definition) is 1. The lowest BCUT2D eigenvalue weighted by Crippen LogP contribution is -2.49. The minimum atomic E-state index is -2.90. The van der Waals surface area contributed by atoms with Crippen LogP contribution in [0.25, 0.3) is 0 Å². The molecule has 1 aliphatic rings. The van der Waals surface area contributed by atoms with Crippen molar-refractivity contribution in [1.29, 1.82) is 0 Å². The van der Waals surface area contributed by atoms with Gasteiger partial charge in [0.2, 0.25) is 5.91 Å². The molecule has 8 heteroatoms. The van der Waals surface area contributed by atoms with E-state index in [-0.39, 0.29) is 18.2 Å². The Balaban J connectivity index is 1.66. The van der Waals surface area contributed by atoms with Crippen LogP contribution in [-0.4, -0.2) is 43.1 Å². The van der Waals surface area contributed by atoms with Crippen molar-refractivity contribution in [1.82, 2.24) is 4.90 Å². The number of nitrogens with one attached hydrogen (secondary N) is 1. The monoisotopic (exact) mass is 390 g/mol. The van der Waals surface area contributed by atoms with Gasteiger partial charge < -0.3 is 14.8 Å². The highest BCUT2D eigenvalue weighted by atomic mass is 19.3. The summed E-state index contributed by atoms with van der Waals surface area (Å²) < 4.78 is 33.6. The van der Waals surface area contributed by atoms with Gasteiger partial charge >= 0.3 is 12.6 Å². The Morgan fingerprint density at radius 1 is 1.14 bits per heavy atom. The standard InChI is InChI=1S/C20H20F2N2O4/c1-27-19(26)17-10-13-4-2-3-5-14(13)11-24(17)12-18(25)23-15-6-8-16(9-7-15)28-20(21)22/h2-9,17,20H,10-12H2,1H3,(H,23,25)/t17-/m1/s1. The number of halogens is 2. The largest absolute Gasteiger partial charge is 0.468 e. The molecule has 1 atom stereocenters. The van der Waals surface area contributed by atoms with Crippen molar-refractivity contribution in [3.8, 4) is 5.75 Å². The van der Waals surface area contributed by atoms with Crippen LogP contribution in [0.3, 0.4) is 0 Å². The lowest BCUT2D eigenvalue weighted by molar-refractivity contribution is -0.148. The number of anilines is 1. The normalized spacial score (nSPS) is 16.4. The van der Waals surface area contributed by atoms with Gasteiger partial charge in [0, 0.05) is 12.2 Å². The van der Waals surface area contributed by atoms with E-state index in [1.165, 1.54) is 31.4 Å². The summed E-state index contributed by atoms with van der Waals surface area (Å²) in [6, 6.07) is 12.8. The summed E-state index contributed by atoms with van der Waals surface area (Å²) in [5, 5.41) is 2.70. The van der Waals surface area contributed by atoms with Gasteiger partial charge in [-0.2, -0.15) is 8.78 Å². The first-order chi connectivity index (χ1) is 13.5. The van der Waals surface area contributed by atoms with E-state index >= 15 is 0 Å². The van der Waals surface area contributed by atoms with Gasteiger partial charge in [-0.25, -0.2) is 0 Å². The first kappa shape index (κ1) is 19.8. The van der Waals surface area contributed by atoms with Crippen LogP contribution in [0.2, 0.25) is 0 Å². The van der Waals surface area contributed by atoms with E-state index in [0.717, 1.165) is 11.1 Å². The predicted molar refractivity (Wildman–Crippen MR) is 98.1 cm³/mol. The number of benzene rings is 2. The fraction of sp³-hybridized carbons (Fsp3) is 0.300. The molecule has 0 fully saturated rings. The first-order valence-corrected chi connectivity index (χ1v) is 8.69. The topological polar surface area (TPSA) is 67.9 Å². The molecule has 148 valence electrons. The molecule has 0 aliphatic carbocycles. The van der Waals surface area contributed by atoms with E-state index in [2.05, 4.69) is 10.1 Å². The Morgan fingerprint density at radius 2 is 1.82 bits per heavy atom. The van der Waals surface area contributed by atoms with E-state index < -0.39 is 18.6 Å². The Morgan fingerprint density at radius 3 is 2.46 bits per heavy atom. The maximum Gasteiger partial charge on any atom is 0.387 e. The molecule has 1 heterocycles. The number of rotatable bonds is 6. The van der Waals surface area contributed by atoms with Crippen molar-refractivity contribution >= 4 is 17.6 Å². The molecule has 2 aromatic carbocycles. The predicted octanol–water partition coefficient (Wildman–Crippen LogP) is 2.83. The molecule has 2 aromatic rings. The van der Waals surface area contributed by atoms with Crippen LogP contribution in [-0.2, 0) is 27.3 Å². The zero-order valence-electron chi connectivity index (χ0n) is 15.2. The van der Waals surface area contributed by atoms with Gasteiger partial charge in [0.25, 0.3) is 0 Å². The fourth-order valence-electron chi connectivity index (χ4n) is 3.22. The summed E-state index contributed by atoms with van der Waals surface area (Å²) in [5.41, 5.74) is 2.56. The van der Waals surface area contributed by atoms with Crippen LogP contribution < -0.4 is 10.1 Å². The number of carbonyl (C=O) groups excluding carboxylic acids is 2. The van der Waals surface area contributed by atoms with Crippen LogP contribution in [0, 0.1) is 0 Å². The SMILES string of the molecule is COC(=O)[C@H]1Cc2ccccc2CN1CC(=O)Nc1ccc(OC(F)F)cc1. The second kappa shape index (κ2) is 8.79. The summed E-state index contributed by atoms with van der Waals surface area (Å²) in [5.74, 6) is -0.710. The van der Waals surface area contributed by atoms with Crippen molar-refractivity contribution in [3.63, 3.8) is 0 Å². The minimum absolute atomic E-state index is 0.00592. The number of alkyl halides is 2. The molecule has 0 spiro atoms. The van der Waals surface area contributed by atoms with E-state index in [1.54, 1.807) is 4.90 Å². The van der Waals surface area contributed by atoms with Gasteiger partial charge in [0.1, 0.15) is 11.8 Å². The fourth-order valence-corrected chi connectivity index (χ4v) is 3.22. The Kier molecular flexibility index (Phi) is 6.20. The summed E-state index contributed by atoms with van der Waals surface area (Å²) in [6.07, 6.45) is 0.468. The smallest absolute Gasteiger partial charge is 0.387 e. The number of amides is 1. The second-order valence-corrected chi connectivity index (χ2v) is 6.37. The van der Waals surface area contributed by atoms with Crippen molar-refractivity contribution in [2.45, 2.75) is 25.6 Å². The van der Waals surface area contributed by atoms with Gasteiger partial charge in [-0.3, -0.25) is 14.5 Å². The second-order valence-electron chi connectivity index (χ2n) is 6.37. The molecule has 0 saturated carbocycles. The van der Waals surface area contributed by atoms with E-state index in [0.29, 0.717) is 18.7 Å². The third kappa shape index (κ3) is 4.83. The molecule has 0 radical (unpaired) electrons. The van der Waals surface area contributed by atoms with Crippen molar-refractivity contribution in [2.75, 3.05) is 19.0 Å². The number of nitrogens with zero attached hydrogens (tertiary/aromatic N) is 1. The zero-order chi connectivity index (χ0) is 20.1. The molecular formula is C20H20F2N2O4. The Bertz CT molecular complexity index is 842. The van der Waals surface area contributed by atoms with Crippen LogP contribution in [0.4, 0.5) is 14.5 Å². The molecule has 0 unspecified atom stereocenters. The molecule has 28 heavy (non-hydrogen) atoms. The zero-order valence-corrected chi connectivity index (χ0v) is 15.2. The highest BCUT2D eigenvalue weighted by molar-refractivity contribution is 5.92. The summed E-state index contributed by atoms with van der Waals surface area (Å²) in [6.45, 7) is -2.47. The molecule has 1 amide bonds. The molecule has 0 aromatic heterocycles. The summed E-state index contributed by atoms with van der Waals surface area (Å²) in [7, 11) is 1.32. The van der Waals surface area contributed by atoms with Gasteiger partial charge in [-0.05, 0) is 41.8 Å². The van der Waals surface area contributed by atoms with E-state index in [9.17, 15) is 18.4 Å². The number of esters is 1. The summed E-state index contributed by atoms with van der Waals surface area (Å²) >= 11 is 0. The number of ether oxygens (including phenoxy) is 2.